The van der Waals surface area contributed by atoms with E-state index >= 15 is 0 Å². The second-order valence-corrected chi connectivity index (χ2v) is 7.20. The van der Waals surface area contributed by atoms with Gasteiger partial charge in [0.2, 0.25) is 11.8 Å². The van der Waals surface area contributed by atoms with Gasteiger partial charge in [-0.25, -0.2) is 5.43 Å². The Balaban J connectivity index is 1.93. The molecule has 21 heavy (non-hydrogen) atoms. The predicted molar refractivity (Wildman–Crippen MR) is 85.4 cm³/mol. The van der Waals surface area contributed by atoms with Gasteiger partial charge < -0.3 is 5.32 Å². The fraction of sp³-hybridized carbons (Fsp3) is 0.400. The Morgan fingerprint density at radius 1 is 1.43 bits per heavy atom. The Kier molecular flexibility index (Phi) is 4.67. The molecule has 1 aromatic carbocycles. The molecule has 1 atom stereocenters. The van der Waals surface area contributed by atoms with E-state index in [-0.39, 0.29) is 23.7 Å². The number of fused-ring (bicyclic) bond motifs is 1. The molecule has 0 saturated carbocycles. The number of nitrogens with one attached hydrogen (secondary N) is 2. The molecule has 0 bridgehead atoms. The maximum absolute atomic E-state index is 12.0. The van der Waals surface area contributed by atoms with Crippen LogP contribution in [-0.2, 0) is 9.59 Å². The van der Waals surface area contributed by atoms with Crippen LogP contribution < -0.4 is 10.7 Å². The van der Waals surface area contributed by atoms with Crippen molar-refractivity contribution in [2.24, 2.45) is 10.5 Å². The molecule has 0 saturated heterocycles. The number of carbonyl (C=O) groups is 2. The van der Waals surface area contributed by atoms with Crippen LogP contribution in [0.1, 0.15) is 27.2 Å². The summed E-state index contributed by atoms with van der Waals surface area (Å²) in [5.41, 5.74) is 3.17. The molecule has 2 rings (SSSR count). The second-order valence-electron chi connectivity index (χ2n) is 5.96. The smallest absolute Gasteiger partial charge is 0.241 e. The van der Waals surface area contributed by atoms with Crippen LogP contribution in [0.15, 0.2) is 34.3 Å². The van der Waals surface area contributed by atoms with Crippen molar-refractivity contribution in [1.82, 2.24) is 5.43 Å². The standard InChI is InChI=1S/C15H19N3O2S/c1-15(2,3)9-16-18-13(19)8-12-14(20)17-10-6-4-5-7-11(10)21-12/h4-7,9,12H,8H2,1-3H3,(H,17,20)(H,18,19)/b16-9-/t12-/m0/s1. The number of amides is 2. The van der Waals surface area contributed by atoms with Gasteiger partial charge >= 0.3 is 0 Å². The van der Waals surface area contributed by atoms with Gasteiger partial charge in [0.25, 0.3) is 0 Å². The van der Waals surface area contributed by atoms with Crippen molar-refractivity contribution in [3.05, 3.63) is 24.3 Å². The van der Waals surface area contributed by atoms with Crippen molar-refractivity contribution in [2.75, 3.05) is 5.32 Å². The van der Waals surface area contributed by atoms with Gasteiger partial charge in [0.1, 0.15) is 0 Å². The highest BCUT2D eigenvalue weighted by Gasteiger charge is 2.28. The molecule has 0 fully saturated rings. The summed E-state index contributed by atoms with van der Waals surface area (Å²) in [6.45, 7) is 5.97. The lowest BCUT2D eigenvalue weighted by molar-refractivity contribution is -0.124. The van der Waals surface area contributed by atoms with Crippen molar-refractivity contribution in [3.8, 4) is 0 Å². The third kappa shape index (κ3) is 4.60. The second kappa shape index (κ2) is 6.30. The van der Waals surface area contributed by atoms with E-state index in [1.165, 1.54) is 11.8 Å². The van der Waals surface area contributed by atoms with E-state index in [1.54, 1.807) is 6.21 Å². The van der Waals surface area contributed by atoms with Crippen molar-refractivity contribution in [3.63, 3.8) is 0 Å². The first kappa shape index (κ1) is 15.6. The Morgan fingerprint density at radius 3 is 2.86 bits per heavy atom. The molecule has 2 N–H and O–H groups in total. The quantitative estimate of drug-likeness (QED) is 0.666. The van der Waals surface area contributed by atoms with Gasteiger partial charge in [-0.15, -0.1) is 11.8 Å². The number of hydrazone groups is 1. The monoisotopic (exact) mass is 305 g/mol. The van der Waals surface area contributed by atoms with E-state index in [1.807, 2.05) is 45.0 Å². The zero-order chi connectivity index (χ0) is 15.5. The summed E-state index contributed by atoms with van der Waals surface area (Å²) < 4.78 is 0. The lowest BCUT2D eigenvalue weighted by Crippen LogP contribution is -2.33. The zero-order valence-corrected chi connectivity index (χ0v) is 13.2. The average Bonchev–Trinajstić information content (AvgIpc) is 2.38. The summed E-state index contributed by atoms with van der Waals surface area (Å²) in [6.07, 6.45) is 1.78. The Hall–Kier alpha value is -1.82. The van der Waals surface area contributed by atoms with E-state index in [4.69, 9.17) is 0 Å². The molecule has 0 aliphatic carbocycles. The van der Waals surface area contributed by atoms with E-state index in [0.29, 0.717) is 0 Å². The molecule has 1 heterocycles. The number of para-hydroxylation sites is 1. The summed E-state index contributed by atoms with van der Waals surface area (Å²) in [5.74, 6) is -0.406. The van der Waals surface area contributed by atoms with Gasteiger partial charge in [0.05, 0.1) is 10.9 Å². The number of carbonyl (C=O) groups excluding carboxylic acids is 2. The molecule has 0 aromatic heterocycles. The number of hydrogen-bond donors (Lipinski definition) is 2. The van der Waals surface area contributed by atoms with Crippen molar-refractivity contribution >= 4 is 35.5 Å². The van der Waals surface area contributed by atoms with E-state index < -0.39 is 5.25 Å². The zero-order valence-electron chi connectivity index (χ0n) is 12.3. The average molecular weight is 305 g/mol. The topological polar surface area (TPSA) is 70.6 Å². The maximum atomic E-state index is 12.0. The van der Waals surface area contributed by atoms with Crippen LogP contribution in [0.25, 0.3) is 0 Å². The van der Waals surface area contributed by atoms with E-state index in [9.17, 15) is 9.59 Å². The first-order valence-corrected chi connectivity index (χ1v) is 7.63. The number of benzene rings is 1. The minimum Gasteiger partial charge on any atom is -0.324 e. The van der Waals surface area contributed by atoms with Crippen molar-refractivity contribution in [1.29, 1.82) is 0 Å². The fourth-order valence-electron chi connectivity index (χ4n) is 1.74. The molecule has 0 spiro atoms. The number of nitrogens with zero attached hydrogens (tertiary/aromatic N) is 1. The van der Waals surface area contributed by atoms with Gasteiger partial charge in [0, 0.05) is 17.5 Å². The van der Waals surface area contributed by atoms with Gasteiger partial charge in [-0.1, -0.05) is 32.9 Å². The summed E-state index contributed by atoms with van der Waals surface area (Å²) in [5, 5.41) is 6.30. The van der Waals surface area contributed by atoms with Gasteiger partial charge in [-0.3, -0.25) is 9.59 Å². The van der Waals surface area contributed by atoms with Gasteiger partial charge in [-0.2, -0.15) is 5.10 Å². The molecule has 0 unspecified atom stereocenters. The highest BCUT2D eigenvalue weighted by Crippen LogP contribution is 2.36. The summed E-state index contributed by atoms with van der Waals surface area (Å²) in [7, 11) is 0. The Bertz CT molecular complexity index is 579. The molecule has 1 aromatic rings. The van der Waals surface area contributed by atoms with E-state index in [0.717, 1.165) is 10.6 Å². The summed E-state index contributed by atoms with van der Waals surface area (Å²) in [4.78, 5) is 24.8. The Morgan fingerprint density at radius 2 is 2.14 bits per heavy atom. The van der Waals surface area contributed by atoms with Crippen LogP contribution in [0.2, 0.25) is 0 Å². The highest BCUT2D eigenvalue weighted by atomic mass is 32.2. The van der Waals surface area contributed by atoms with Crippen LogP contribution in [0, 0.1) is 5.41 Å². The lowest BCUT2D eigenvalue weighted by Gasteiger charge is -2.23. The van der Waals surface area contributed by atoms with E-state index in [2.05, 4.69) is 15.8 Å². The third-order valence-electron chi connectivity index (χ3n) is 2.72. The molecule has 2 amide bonds. The SMILES string of the molecule is CC(C)(C)/C=N\NC(=O)C[C@@H]1Sc2ccccc2NC1=O. The molecule has 1 aliphatic heterocycles. The third-order valence-corrected chi connectivity index (χ3v) is 3.99. The van der Waals surface area contributed by atoms with Gasteiger partial charge in [0.15, 0.2) is 0 Å². The van der Waals surface area contributed by atoms with Crippen molar-refractivity contribution < 1.29 is 9.59 Å². The van der Waals surface area contributed by atoms with Crippen LogP contribution in [-0.4, -0.2) is 23.3 Å². The van der Waals surface area contributed by atoms with Crippen LogP contribution >= 0.6 is 11.8 Å². The predicted octanol–water partition coefficient (Wildman–Crippen LogP) is 2.64. The number of rotatable bonds is 3. The highest BCUT2D eigenvalue weighted by molar-refractivity contribution is 8.01. The molecule has 6 heteroatoms. The molecule has 0 radical (unpaired) electrons. The minimum absolute atomic E-state index is 0.0941. The summed E-state index contributed by atoms with van der Waals surface area (Å²) in [6, 6.07) is 7.56. The number of hydrogen-bond acceptors (Lipinski definition) is 4. The van der Waals surface area contributed by atoms with Crippen LogP contribution in [0.5, 0.6) is 0 Å². The summed E-state index contributed by atoms with van der Waals surface area (Å²) >= 11 is 1.41. The Labute approximate surface area is 128 Å². The molecule has 1 aliphatic rings. The van der Waals surface area contributed by atoms with Gasteiger partial charge in [-0.05, 0) is 17.5 Å². The number of thioether (sulfide) groups is 1. The largest absolute Gasteiger partial charge is 0.324 e. The lowest BCUT2D eigenvalue weighted by atomic mass is 9.99. The number of anilines is 1. The first-order valence-electron chi connectivity index (χ1n) is 6.75. The van der Waals surface area contributed by atoms with Crippen molar-refractivity contribution in [2.45, 2.75) is 37.3 Å². The van der Waals surface area contributed by atoms with Crippen LogP contribution in [0.3, 0.4) is 0 Å². The molecular formula is C15H19N3O2S. The first-order chi connectivity index (χ1) is 9.85. The molecule has 112 valence electrons. The fourth-order valence-corrected chi connectivity index (χ4v) is 2.85. The van der Waals surface area contributed by atoms with Crippen LogP contribution in [0.4, 0.5) is 5.69 Å². The molecule has 5 nitrogen and oxygen atoms in total. The maximum Gasteiger partial charge on any atom is 0.241 e. The normalized spacial score (nSPS) is 18.2. The minimum atomic E-state index is -0.426. The molecular weight excluding hydrogens is 286 g/mol.